The molecule has 0 spiro atoms. The molecule has 1 rings (SSSR count). The lowest BCUT2D eigenvalue weighted by molar-refractivity contribution is 0.124. The van der Waals surface area contributed by atoms with Crippen molar-refractivity contribution < 1.29 is 9.26 Å². The Morgan fingerprint density at radius 1 is 0.941 bits per heavy atom. The number of hydrogen-bond donors (Lipinski definition) is 0. The van der Waals surface area contributed by atoms with Crippen molar-refractivity contribution in [2.75, 3.05) is 0 Å². The molecule has 1 unspecified atom stereocenters. The number of ether oxygens (including phenoxy) is 1. The van der Waals surface area contributed by atoms with Gasteiger partial charge in [-0.2, -0.15) is 0 Å². The molecule has 0 aliphatic heterocycles. The van der Waals surface area contributed by atoms with Crippen LogP contribution in [0.4, 0.5) is 0 Å². The molecule has 0 fully saturated rings. The molecule has 0 saturated heterocycles. The third-order valence-electron chi connectivity index (χ3n) is 2.00. The normalized spacial score (nSPS) is 13.3. The second-order valence-corrected chi connectivity index (χ2v) is 7.35. The second-order valence-electron chi connectivity index (χ2n) is 5.74. The van der Waals surface area contributed by atoms with Gasteiger partial charge in [0.2, 0.25) is 0 Å². The van der Waals surface area contributed by atoms with E-state index in [0.29, 0.717) is 8.81 Å². The highest BCUT2D eigenvalue weighted by Crippen LogP contribution is 2.37. The van der Waals surface area contributed by atoms with Crippen molar-refractivity contribution in [2.24, 2.45) is 0 Å². The minimum absolute atomic E-state index is 0.119. The number of benzene rings is 1. The lowest BCUT2D eigenvalue weighted by Crippen LogP contribution is -2.25. The van der Waals surface area contributed by atoms with Gasteiger partial charge in [0.15, 0.2) is 0 Å². The molecule has 0 bridgehead atoms. The van der Waals surface area contributed by atoms with Crippen molar-refractivity contribution in [3.63, 3.8) is 0 Å². The fraction of sp³-hybridized carbons (Fsp3) is 0.571. The van der Waals surface area contributed by atoms with Crippen LogP contribution in [-0.4, -0.2) is 10.9 Å². The van der Waals surface area contributed by atoms with Gasteiger partial charge in [0.05, 0.1) is 14.4 Å². The first-order valence-corrected chi connectivity index (χ1v) is 6.80. The maximum Gasteiger partial charge on any atom is 0.144 e. The van der Waals surface area contributed by atoms with E-state index in [-0.39, 0.29) is 10.9 Å². The summed E-state index contributed by atoms with van der Waals surface area (Å²) in [6.45, 7) is 12.3. The van der Waals surface area contributed by atoms with E-state index in [1.165, 1.54) is 5.56 Å². The van der Waals surface area contributed by atoms with Crippen molar-refractivity contribution in [3.05, 3.63) is 29.8 Å². The predicted molar refractivity (Wildman–Crippen MR) is 75.0 cm³/mol. The number of hydrogen-bond acceptors (Lipinski definition) is 2. The van der Waals surface area contributed by atoms with Crippen LogP contribution in [0.25, 0.3) is 0 Å². The zero-order valence-corrected chi connectivity index (χ0v) is 12.6. The van der Waals surface area contributed by atoms with Gasteiger partial charge in [-0.3, -0.25) is 0 Å². The van der Waals surface area contributed by atoms with E-state index in [4.69, 9.17) is 9.26 Å². The summed E-state index contributed by atoms with van der Waals surface area (Å²) in [5.74, 6) is 0.894. The largest absolute Gasteiger partial charge is 0.481 e. The van der Waals surface area contributed by atoms with Crippen molar-refractivity contribution >= 4 is 8.81 Å². The molecule has 0 aromatic heterocycles. The number of rotatable bonds is 4. The predicted octanol–water partition coefficient (Wildman–Crippen LogP) is 4.52. The summed E-state index contributed by atoms with van der Waals surface area (Å²) < 4.78 is 11.7. The molecular formula is C14H23O2P. The zero-order valence-electron chi connectivity index (χ0n) is 11.6. The molecule has 96 valence electrons. The Morgan fingerprint density at radius 3 is 1.94 bits per heavy atom. The standard InChI is InChI=1S/C14H23O2P/c1-11-7-9-12(10-8-11)15-14(5,6)17-16-13(2,3)4/h7-10,17H,1-6H3. The van der Waals surface area contributed by atoms with Crippen LogP contribution in [0.5, 0.6) is 5.75 Å². The Labute approximate surface area is 107 Å². The van der Waals surface area contributed by atoms with Crippen LogP contribution in [0, 0.1) is 6.92 Å². The lowest BCUT2D eigenvalue weighted by atomic mass is 10.2. The Balaban J connectivity index is 2.57. The van der Waals surface area contributed by atoms with Crippen molar-refractivity contribution in [1.29, 1.82) is 0 Å². The fourth-order valence-electron chi connectivity index (χ4n) is 1.20. The minimum Gasteiger partial charge on any atom is -0.481 e. The van der Waals surface area contributed by atoms with Gasteiger partial charge in [0.1, 0.15) is 11.1 Å². The second kappa shape index (κ2) is 5.37. The van der Waals surface area contributed by atoms with Gasteiger partial charge in [-0.1, -0.05) is 17.7 Å². The average molecular weight is 254 g/mol. The van der Waals surface area contributed by atoms with Crippen molar-refractivity contribution in [3.8, 4) is 5.75 Å². The highest BCUT2D eigenvalue weighted by molar-refractivity contribution is 7.34. The molecule has 1 aromatic rings. The van der Waals surface area contributed by atoms with Gasteiger partial charge in [-0.15, -0.1) is 0 Å². The Hall–Kier alpha value is -0.590. The molecule has 17 heavy (non-hydrogen) atoms. The average Bonchev–Trinajstić information content (AvgIpc) is 2.18. The maximum atomic E-state index is 5.94. The first kappa shape index (κ1) is 14.5. The SMILES string of the molecule is Cc1ccc(OC(C)(C)POC(C)(C)C)cc1. The Kier molecular flexibility index (Phi) is 4.57. The van der Waals surface area contributed by atoms with E-state index in [9.17, 15) is 0 Å². The van der Waals surface area contributed by atoms with Crippen LogP contribution in [0.3, 0.4) is 0 Å². The lowest BCUT2D eigenvalue weighted by Gasteiger charge is -2.30. The van der Waals surface area contributed by atoms with Crippen LogP contribution in [-0.2, 0) is 4.52 Å². The summed E-state index contributed by atoms with van der Waals surface area (Å²) in [4.78, 5) is 0. The highest BCUT2D eigenvalue weighted by atomic mass is 31.1. The Morgan fingerprint density at radius 2 is 1.47 bits per heavy atom. The highest BCUT2D eigenvalue weighted by Gasteiger charge is 2.24. The quantitative estimate of drug-likeness (QED) is 0.735. The summed E-state index contributed by atoms with van der Waals surface area (Å²) in [7, 11) is 0.311. The van der Waals surface area contributed by atoms with Crippen molar-refractivity contribution in [2.45, 2.75) is 52.5 Å². The molecule has 0 aliphatic rings. The molecule has 2 nitrogen and oxygen atoms in total. The van der Waals surface area contributed by atoms with Gasteiger partial charge >= 0.3 is 0 Å². The summed E-state index contributed by atoms with van der Waals surface area (Å²) in [5.41, 5.74) is 1.12. The van der Waals surface area contributed by atoms with Crippen LogP contribution >= 0.6 is 8.81 Å². The molecule has 0 aliphatic carbocycles. The molecular weight excluding hydrogens is 231 g/mol. The fourth-order valence-corrected chi connectivity index (χ4v) is 1.91. The van der Waals surface area contributed by atoms with Crippen LogP contribution in [0.15, 0.2) is 24.3 Å². The zero-order chi connectivity index (χ0) is 13.1. The summed E-state index contributed by atoms with van der Waals surface area (Å²) >= 11 is 0. The minimum atomic E-state index is -0.289. The van der Waals surface area contributed by atoms with E-state index in [2.05, 4.69) is 53.7 Å². The van der Waals surface area contributed by atoms with Crippen LogP contribution in [0.1, 0.15) is 40.2 Å². The topological polar surface area (TPSA) is 18.5 Å². The third kappa shape index (κ3) is 6.05. The monoisotopic (exact) mass is 254 g/mol. The van der Waals surface area contributed by atoms with E-state index < -0.39 is 0 Å². The smallest absolute Gasteiger partial charge is 0.144 e. The number of aryl methyl sites for hydroxylation is 1. The van der Waals surface area contributed by atoms with Gasteiger partial charge < -0.3 is 9.26 Å². The van der Waals surface area contributed by atoms with Crippen molar-refractivity contribution in [1.82, 2.24) is 0 Å². The first-order valence-electron chi connectivity index (χ1n) is 5.89. The summed E-state index contributed by atoms with van der Waals surface area (Å²) in [6, 6.07) is 8.11. The summed E-state index contributed by atoms with van der Waals surface area (Å²) in [5, 5.41) is -0.289. The van der Waals surface area contributed by atoms with E-state index >= 15 is 0 Å². The van der Waals surface area contributed by atoms with Gasteiger partial charge in [-0.05, 0) is 53.7 Å². The van der Waals surface area contributed by atoms with Gasteiger partial charge in [0.25, 0.3) is 0 Å². The van der Waals surface area contributed by atoms with E-state index in [0.717, 1.165) is 5.75 Å². The molecule has 0 N–H and O–H groups in total. The Bertz CT molecular complexity index is 349. The third-order valence-corrected chi connectivity index (χ3v) is 3.31. The molecule has 1 atom stereocenters. The molecule has 0 amide bonds. The molecule has 0 heterocycles. The maximum absolute atomic E-state index is 5.94. The van der Waals surface area contributed by atoms with Gasteiger partial charge in [-0.25, -0.2) is 0 Å². The molecule has 0 saturated carbocycles. The molecule has 1 aromatic carbocycles. The summed E-state index contributed by atoms with van der Waals surface area (Å²) in [6.07, 6.45) is 0. The van der Waals surface area contributed by atoms with Crippen LogP contribution < -0.4 is 4.74 Å². The molecule has 0 radical (unpaired) electrons. The van der Waals surface area contributed by atoms with Crippen LogP contribution in [0.2, 0.25) is 0 Å². The van der Waals surface area contributed by atoms with Gasteiger partial charge in [0, 0.05) is 0 Å². The van der Waals surface area contributed by atoms with E-state index in [1.54, 1.807) is 0 Å². The molecule has 3 heteroatoms. The van der Waals surface area contributed by atoms with E-state index in [1.807, 2.05) is 12.1 Å². The first-order chi connectivity index (χ1) is 7.68.